The van der Waals surface area contributed by atoms with Crippen molar-refractivity contribution in [2.75, 3.05) is 37.7 Å². The lowest BCUT2D eigenvalue weighted by Gasteiger charge is -2.36. The van der Waals surface area contributed by atoms with E-state index in [0.29, 0.717) is 30.3 Å². The van der Waals surface area contributed by atoms with Crippen molar-refractivity contribution in [2.24, 2.45) is 0 Å². The predicted molar refractivity (Wildman–Crippen MR) is 115 cm³/mol. The third-order valence-corrected chi connectivity index (χ3v) is 6.16. The maximum Gasteiger partial charge on any atom is 0.267 e. The van der Waals surface area contributed by atoms with Gasteiger partial charge in [0.25, 0.3) is 5.91 Å². The minimum Gasteiger partial charge on any atom is -0.492 e. The van der Waals surface area contributed by atoms with Crippen molar-refractivity contribution in [1.29, 1.82) is 0 Å². The Balaban J connectivity index is 1.49. The summed E-state index contributed by atoms with van der Waals surface area (Å²) in [5.74, 6) is 0.430. The van der Waals surface area contributed by atoms with E-state index in [1.807, 2.05) is 48.2 Å². The standard InChI is InChI=1S/C23H23FN2O2S/c1-2-28-20-16-21(17-6-4-3-5-7-17)29-22(20)23(27)26-14-12-25(13-15-26)19-10-8-18(24)9-11-19/h3-11,16H,2,12-15H2,1H3. The zero-order valence-corrected chi connectivity index (χ0v) is 17.1. The maximum absolute atomic E-state index is 13.2. The molecular formula is C23H23FN2O2S. The smallest absolute Gasteiger partial charge is 0.267 e. The number of amides is 1. The molecule has 0 radical (unpaired) electrons. The summed E-state index contributed by atoms with van der Waals surface area (Å²) < 4.78 is 18.9. The van der Waals surface area contributed by atoms with Crippen LogP contribution in [0.15, 0.2) is 60.7 Å². The van der Waals surface area contributed by atoms with E-state index in [2.05, 4.69) is 4.90 Å². The van der Waals surface area contributed by atoms with E-state index in [1.54, 1.807) is 12.1 Å². The summed E-state index contributed by atoms with van der Waals surface area (Å²) in [4.78, 5) is 19.0. The van der Waals surface area contributed by atoms with Crippen molar-refractivity contribution < 1.29 is 13.9 Å². The zero-order chi connectivity index (χ0) is 20.2. The van der Waals surface area contributed by atoms with Gasteiger partial charge >= 0.3 is 0 Å². The van der Waals surface area contributed by atoms with Crippen molar-refractivity contribution in [3.63, 3.8) is 0 Å². The largest absolute Gasteiger partial charge is 0.492 e. The fourth-order valence-corrected chi connectivity index (χ4v) is 4.57. The number of hydrogen-bond acceptors (Lipinski definition) is 4. The van der Waals surface area contributed by atoms with E-state index in [9.17, 15) is 9.18 Å². The molecule has 6 heteroatoms. The second-order valence-electron chi connectivity index (χ2n) is 6.86. The minimum absolute atomic E-state index is 0.0133. The summed E-state index contributed by atoms with van der Waals surface area (Å²) >= 11 is 1.48. The van der Waals surface area contributed by atoms with Crippen LogP contribution in [0.25, 0.3) is 10.4 Å². The summed E-state index contributed by atoms with van der Waals surface area (Å²) in [5, 5.41) is 0. The molecule has 2 aromatic carbocycles. The van der Waals surface area contributed by atoms with Gasteiger partial charge in [0.1, 0.15) is 16.4 Å². The Kier molecular flexibility index (Phi) is 5.81. The molecule has 1 aromatic heterocycles. The quantitative estimate of drug-likeness (QED) is 0.599. The van der Waals surface area contributed by atoms with Crippen LogP contribution < -0.4 is 9.64 Å². The van der Waals surface area contributed by atoms with Gasteiger partial charge < -0.3 is 14.5 Å². The van der Waals surface area contributed by atoms with Crippen LogP contribution in [0.2, 0.25) is 0 Å². The Hall–Kier alpha value is -2.86. The Labute approximate surface area is 174 Å². The topological polar surface area (TPSA) is 32.8 Å². The van der Waals surface area contributed by atoms with Crippen molar-refractivity contribution in [3.8, 4) is 16.2 Å². The first-order chi connectivity index (χ1) is 14.2. The highest BCUT2D eigenvalue weighted by Gasteiger charge is 2.27. The molecule has 1 aliphatic rings. The van der Waals surface area contributed by atoms with Gasteiger partial charge in [-0.3, -0.25) is 4.79 Å². The summed E-state index contributed by atoms with van der Waals surface area (Å²) in [5.41, 5.74) is 2.06. The third-order valence-electron chi connectivity index (χ3n) is 5.01. The number of carbonyl (C=O) groups excluding carboxylic acids is 1. The van der Waals surface area contributed by atoms with Crippen LogP contribution in [0, 0.1) is 5.82 Å². The van der Waals surface area contributed by atoms with Gasteiger partial charge in [-0.05, 0) is 42.8 Å². The highest BCUT2D eigenvalue weighted by Crippen LogP contribution is 2.37. The molecule has 0 atom stereocenters. The van der Waals surface area contributed by atoms with Gasteiger partial charge in [-0.1, -0.05) is 30.3 Å². The number of rotatable bonds is 5. The van der Waals surface area contributed by atoms with E-state index in [1.165, 1.54) is 23.5 Å². The van der Waals surface area contributed by atoms with Crippen molar-refractivity contribution in [2.45, 2.75) is 6.92 Å². The molecular weight excluding hydrogens is 387 g/mol. The highest BCUT2D eigenvalue weighted by atomic mass is 32.1. The number of nitrogens with zero attached hydrogens (tertiary/aromatic N) is 2. The van der Waals surface area contributed by atoms with Crippen LogP contribution in [0.1, 0.15) is 16.6 Å². The Morgan fingerprint density at radius 1 is 1.03 bits per heavy atom. The maximum atomic E-state index is 13.2. The second-order valence-corrected chi connectivity index (χ2v) is 7.91. The lowest BCUT2D eigenvalue weighted by atomic mass is 10.2. The first-order valence-electron chi connectivity index (χ1n) is 9.77. The molecule has 0 spiro atoms. The molecule has 1 aliphatic heterocycles. The third kappa shape index (κ3) is 4.27. The van der Waals surface area contributed by atoms with E-state index < -0.39 is 0 Å². The molecule has 1 fully saturated rings. The summed E-state index contributed by atoms with van der Waals surface area (Å²) in [6.07, 6.45) is 0. The fraction of sp³-hybridized carbons (Fsp3) is 0.261. The Morgan fingerprint density at radius 3 is 2.38 bits per heavy atom. The van der Waals surface area contributed by atoms with Crippen molar-refractivity contribution in [1.82, 2.24) is 4.90 Å². The molecule has 0 bridgehead atoms. The minimum atomic E-state index is -0.238. The normalized spacial score (nSPS) is 14.1. The van der Waals surface area contributed by atoms with Gasteiger partial charge in [-0.2, -0.15) is 0 Å². The van der Waals surface area contributed by atoms with Crippen LogP contribution in [0.4, 0.5) is 10.1 Å². The van der Waals surface area contributed by atoms with Crippen molar-refractivity contribution in [3.05, 3.63) is 71.4 Å². The molecule has 0 unspecified atom stereocenters. The van der Waals surface area contributed by atoms with Crippen LogP contribution >= 0.6 is 11.3 Å². The summed E-state index contributed by atoms with van der Waals surface area (Å²) in [6.45, 7) is 5.14. The summed E-state index contributed by atoms with van der Waals surface area (Å²) in [6, 6.07) is 18.5. The monoisotopic (exact) mass is 410 g/mol. The van der Waals surface area contributed by atoms with E-state index in [4.69, 9.17) is 4.74 Å². The zero-order valence-electron chi connectivity index (χ0n) is 16.3. The number of piperazine rings is 1. The fourth-order valence-electron chi connectivity index (χ4n) is 3.49. The SMILES string of the molecule is CCOc1cc(-c2ccccc2)sc1C(=O)N1CCN(c2ccc(F)cc2)CC1. The first kappa shape index (κ1) is 19.5. The van der Waals surface area contributed by atoms with Gasteiger partial charge in [-0.25, -0.2) is 4.39 Å². The van der Waals surface area contributed by atoms with Crippen LogP contribution in [-0.2, 0) is 0 Å². The number of carbonyl (C=O) groups is 1. The molecule has 0 aliphatic carbocycles. The van der Waals surface area contributed by atoms with Gasteiger partial charge in [0.15, 0.2) is 0 Å². The van der Waals surface area contributed by atoms with Crippen LogP contribution in [-0.4, -0.2) is 43.6 Å². The average molecular weight is 411 g/mol. The number of halogens is 1. The number of hydrogen-bond donors (Lipinski definition) is 0. The first-order valence-corrected chi connectivity index (χ1v) is 10.6. The molecule has 1 saturated heterocycles. The van der Waals surface area contributed by atoms with Crippen LogP contribution in [0.3, 0.4) is 0 Å². The number of anilines is 1. The molecule has 0 saturated carbocycles. The molecule has 29 heavy (non-hydrogen) atoms. The van der Waals surface area contributed by atoms with Crippen LogP contribution in [0.5, 0.6) is 5.75 Å². The molecule has 1 amide bonds. The number of thiophene rings is 1. The molecule has 4 nitrogen and oxygen atoms in total. The highest BCUT2D eigenvalue weighted by molar-refractivity contribution is 7.17. The van der Waals surface area contributed by atoms with E-state index in [-0.39, 0.29) is 11.7 Å². The van der Waals surface area contributed by atoms with E-state index in [0.717, 1.165) is 29.2 Å². The van der Waals surface area contributed by atoms with Gasteiger partial charge in [0.05, 0.1) is 6.61 Å². The number of ether oxygens (including phenoxy) is 1. The number of benzene rings is 2. The summed E-state index contributed by atoms with van der Waals surface area (Å²) in [7, 11) is 0. The molecule has 0 N–H and O–H groups in total. The molecule has 3 aromatic rings. The molecule has 150 valence electrons. The predicted octanol–water partition coefficient (Wildman–Crippen LogP) is 4.92. The molecule has 2 heterocycles. The Bertz CT molecular complexity index is 964. The molecule has 4 rings (SSSR count). The average Bonchev–Trinajstić information content (AvgIpc) is 3.19. The van der Waals surface area contributed by atoms with E-state index >= 15 is 0 Å². The second kappa shape index (κ2) is 8.66. The van der Waals surface area contributed by atoms with Gasteiger partial charge in [-0.15, -0.1) is 11.3 Å². The lowest BCUT2D eigenvalue weighted by Crippen LogP contribution is -2.48. The lowest BCUT2D eigenvalue weighted by molar-refractivity contribution is 0.0748. The van der Waals surface area contributed by atoms with Gasteiger partial charge in [0.2, 0.25) is 0 Å². The Morgan fingerprint density at radius 2 is 1.72 bits per heavy atom. The van der Waals surface area contributed by atoms with Crippen molar-refractivity contribution >= 4 is 22.9 Å². The van der Waals surface area contributed by atoms with Gasteiger partial charge in [0, 0.05) is 36.7 Å².